The van der Waals surface area contributed by atoms with Crippen molar-refractivity contribution in [1.29, 1.82) is 0 Å². The molecule has 0 atom stereocenters. The van der Waals surface area contributed by atoms with Crippen LogP contribution in [0.4, 0.5) is 5.69 Å². The molecular formula is C23H15N3O2. The molecule has 0 spiro atoms. The molecule has 3 aromatic carbocycles. The summed E-state index contributed by atoms with van der Waals surface area (Å²) in [5.74, 6) is 0.812. The summed E-state index contributed by atoms with van der Waals surface area (Å²) in [6, 6.07) is 26.8. The van der Waals surface area contributed by atoms with Gasteiger partial charge < -0.3 is 0 Å². The van der Waals surface area contributed by atoms with Crippen LogP contribution in [0.1, 0.15) is 0 Å². The summed E-state index contributed by atoms with van der Waals surface area (Å²) in [6.07, 6.45) is 1.77. The van der Waals surface area contributed by atoms with E-state index in [1.165, 1.54) is 6.07 Å². The third kappa shape index (κ3) is 2.45. The number of fused-ring (bicyclic) bond motifs is 3. The largest absolute Gasteiger partial charge is 0.293 e. The number of nitrogens with zero attached hydrogens (tertiary/aromatic N) is 3. The standard InChI is InChI=1S/C23H15N3O2/c27-26(28)17-8-5-7-16(15-17)18-10-6-11-20-19-9-1-2-12-21(19)25(23(18)20)22-13-3-4-14-24-22/h1-15H. The number of non-ortho nitro benzene ring substituents is 1. The van der Waals surface area contributed by atoms with Crippen LogP contribution in [0.25, 0.3) is 38.8 Å². The summed E-state index contributed by atoms with van der Waals surface area (Å²) in [5.41, 5.74) is 3.86. The Bertz CT molecular complexity index is 1340. The third-order valence-electron chi connectivity index (χ3n) is 4.94. The average molecular weight is 365 g/mol. The van der Waals surface area contributed by atoms with E-state index in [0.717, 1.165) is 38.8 Å². The first-order valence-electron chi connectivity index (χ1n) is 8.92. The van der Waals surface area contributed by atoms with Crippen LogP contribution < -0.4 is 0 Å². The van der Waals surface area contributed by atoms with Gasteiger partial charge in [-0.05, 0) is 23.8 Å². The van der Waals surface area contributed by atoms with Gasteiger partial charge in [0.2, 0.25) is 0 Å². The van der Waals surface area contributed by atoms with Crippen molar-refractivity contribution in [2.24, 2.45) is 0 Å². The van der Waals surface area contributed by atoms with Gasteiger partial charge in [-0.3, -0.25) is 14.7 Å². The molecule has 2 heterocycles. The van der Waals surface area contributed by atoms with Crippen LogP contribution in [-0.4, -0.2) is 14.5 Å². The zero-order valence-electron chi connectivity index (χ0n) is 14.8. The Morgan fingerprint density at radius 3 is 2.43 bits per heavy atom. The van der Waals surface area contributed by atoms with E-state index >= 15 is 0 Å². The highest BCUT2D eigenvalue weighted by Gasteiger charge is 2.17. The molecule has 5 heteroatoms. The third-order valence-corrected chi connectivity index (χ3v) is 4.94. The van der Waals surface area contributed by atoms with Crippen molar-refractivity contribution in [3.8, 4) is 16.9 Å². The number of hydrogen-bond acceptors (Lipinski definition) is 3. The maximum atomic E-state index is 11.3. The number of nitro benzene ring substituents is 1. The molecule has 0 fully saturated rings. The van der Waals surface area contributed by atoms with Crippen LogP contribution in [0.2, 0.25) is 0 Å². The highest BCUT2D eigenvalue weighted by Crippen LogP contribution is 2.38. The molecule has 0 amide bonds. The van der Waals surface area contributed by atoms with E-state index in [1.807, 2.05) is 48.5 Å². The fourth-order valence-corrected chi connectivity index (χ4v) is 3.76. The van der Waals surface area contributed by atoms with Gasteiger partial charge in [-0.15, -0.1) is 0 Å². The van der Waals surface area contributed by atoms with Crippen LogP contribution in [0.5, 0.6) is 0 Å². The normalized spacial score (nSPS) is 11.1. The van der Waals surface area contributed by atoms with E-state index < -0.39 is 0 Å². The summed E-state index contributed by atoms with van der Waals surface area (Å²) >= 11 is 0. The first-order chi connectivity index (χ1) is 13.7. The summed E-state index contributed by atoms with van der Waals surface area (Å²) in [5, 5.41) is 13.5. The van der Waals surface area contributed by atoms with E-state index in [9.17, 15) is 10.1 Å². The Morgan fingerprint density at radius 1 is 0.821 bits per heavy atom. The second kappa shape index (κ2) is 6.32. The molecule has 0 aliphatic rings. The fourth-order valence-electron chi connectivity index (χ4n) is 3.76. The quantitative estimate of drug-likeness (QED) is 0.302. The van der Waals surface area contributed by atoms with Crippen molar-refractivity contribution in [3.63, 3.8) is 0 Å². The van der Waals surface area contributed by atoms with Crippen molar-refractivity contribution >= 4 is 27.5 Å². The minimum atomic E-state index is -0.363. The summed E-state index contributed by atoms with van der Waals surface area (Å²) in [4.78, 5) is 15.5. The molecule has 0 aliphatic heterocycles. The van der Waals surface area contributed by atoms with Crippen molar-refractivity contribution in [2.45, 2.75) is 0 Å². The molecule has 2 aromatic heterocycles. The maximum absolute atomic E-state index is 11.3. The van der Waals surface area contributed by atoms with Crippen LogP contribution in [0, 0.1) is 10.1 Å². The van der Waals surface area contributed by atoms with Crippen LogP contribution in [0.15, 0.2) is 91.1 Å². The van der Waals surface area contributed by atoms with E-state index in [1.54, 1.807) is 18.3 Å². The Balaban J connectivity index is 1.93. The minimum Gasteiger partial charge on any atom is -0.293 e. The van der Waals surface area contributed by atoms with E-state index in [4.69, 9.17) is 0 Å². The molecule has 0 N–H and O–H groups in total. The highest BCUT2D eigenvalue weighted by molar-refractivity contribution is 6.13. The molecule has 0 unspecified atom stereocenters. The van der Waals surface area contributed by atoms with Crippen molar-refractivity contribution in [2.75, 3.05) is 0 Å². The van der Waals surface area contributed by atoms with Gasteiger partial charge in [-0.25, -0.2) is 4.98 Å². The van der Waals surface area contributed by atoms with Gasteiger partial charge in [0.1, 0.15) is 5.82 Å². The molecule has 0 bridgehead atoms. The van der Waals surface area contributed by atoms with Gasteiger partial charge in [0, 0.05) is 34.7 Å². The second-order valence-corrected chi connectivity index (χ2v) is 6.55. The topological polar surface area (TPSA) is 61.0 Å². The Kier molecular flexibility index (Phi) is 3.66. The molecule has 0 radical (unpaired) electrons. The molecule has 0 saturated heterocycles. The lowest BCUT2D eigenvalue weighted by Crippen LogP contribution is -1.98. The molecule has 5 aromatic rings. The number of para-hydroxylation sites is 2. The summed E-state index contributed by atoms with van der Waals surface area (Å²) < 4.78 is 2.12. The summed E-state index contributed by atoms with van der Waals surface area (Å²) in [7, 11) is 0. The predicted octanol–water partition coefficient (Wildman–Crippen LogP) is 5.75. The van der Waals surface area contributed by atoms with E-state index in [0.29, 0.717) is 0 Å². The molecule has 0 aliphatic carbocycles. The van der Waals surface area contributed by atoms with E-state index in [2.05, 4.69) is 27.8 Å². The van der Waals surface area contributed by atoms with Crippen molar-refractivity contribution < 1.29 is 4.92 Å². The molecular weight excluding hydrogens is 350 g/mol. The Hall–Kier alpha value is -3.99. The number of rotatable bonds is 3. The number of hydrogen-bond donors (Lipinski definition) is 0. The minimum absolute atomic E-state index is 0.0787. The lowest BCUT2D eigenvalue weighted by molar-refractivity contribution is -0.384. The predicted molar refractivity (Wildman–Crippen MR) is 111 cm³/mol. The van der Waals surface area contributed by atoms with Gasteiger partial charge in [-0.2, -0.15) is 0 Å². The highest BCUT2D eigenvalue weighted by atomic mass is 16.6. The Labute approximate surface area is 160 Å². The van der Waals surface area contributed by atoms with Crippen molar-refractivity contribution in [3.05, 3.63) is 101 Å². The SMILES string of the molecule is O=[N+]([O-])c1cccc(-c2cccc3c4ccccc4n(-c4ccccn4)c23)c1. The molecule has 5 nitrogen and oxygen atoms in total. The smallest absolute Gasteiger partial charge is 0.270 e. The van der Waals surface area contributed by atoms with Crippen LogP contribution in [-0.2, 0) is 0 Å². The zero-order chi connectivity index (χ0) is 19.1. The Morgan fingerprint density at radius 2 is 1.61 bits per heavy atom. The first kappa shape index (κ1) is 16.2. The average Bonchev–Trinajstić information content (AvgIpc) is 3.09. The lowest BCUT2D eigenvalue weighted by Gasteiger charge is -2.10. The molecule has 0 saturated carbocycles. The first-order valence-corrected chi connectivity index (χ1v) is 8.92. The molecule has 5 rings (SSSR count). The molecule has 28 heavy (non-hydrogen) atoms. The number of aromatic nitrogens is 2. The maximum Gasteiger partial charge on any atom is 0.270 e. The van der Waals surface area contributed by atoms with Gasteiger partial charge in [0.15, 0.2) is 0 Å². The molecule has 134 valence electrons. The van der Waals surface area contributed by atoms with Crippen LogP contribution in [0.3, 0.4) is 0 Å². The number of nitro groups is 1. The van der Waals surface area contributed by atoms with E-state index in [-0.39, 0.29) is 10.6 Å². The van der Waals surface area contributed by atoms with Gasteiger partial charge in [-0.1, -0.05) is 54.6 Å². The van der Waals surface area contributed by atoms with Gasteiger partial charge >= 0.3 is 0 Å². The summed E-state index contributed by atoms with van der Waals surface area (Å²) in [6.45, 7) is 0. The lowest BCUT2D eigenvalue weighted by atomic mass is 10.0. The van der Waals surface area contributed by atoms with Gasteiger partial charge in [0.05, 0.1) is 16.0 Å². The van der Waals surface area contributed by atoms with Crippen LogP contribution >= 0.6 is 0 Å². The fraction of sp³-hybridized carbons (Fsp3) is 0. The number of pyridine rings is 1. The number of benzene rings is 3. The zero-order valence-corrected chi connectivity index (χ0v) is 14.8. The van der Waals surface area contributed by atoms with Crippen molar-refractivity contribution in [1.82, 2.24) is 9.55 Å². The van der Waals surface area contributed by atoms with Gasteiger partial charge in [0.25, 0.3) is 5.69 Å². The monoisotopic (exact) mass is 365 g/mol. The second-order valence-electron chi connectivity index (χ2n) is 6.55.